The van der Waals surface area contributed by atoms with Gasteiger partial charge >= 0.3 is 0 Å². The molecule has 1 atom stereocenters. The molecule has 0 saturated carbocycles. The number of nitrogens with zero attached hydrogens (tertiary/aromatic N) is 5. The molecule has 0 bridgehead atoms. The van der Waals surface area contributed by atoms with Gasteiger partial charge in [0.25, 0.3) is 0 Å². The predicted molar refractivity (Wildman–Crippen MR) is 99.4 cm³/mol. The van der Waals surface area contributed by atoms with Gasteiger partial charge in [-0.1, -0.05) is 24.3 Å². The van der Waals surface area contributed by atoms with E-state index in [9.17, 15) is 5.11 Å². The van der Waals surface area contributed by atoms with Crippen LogP contribution in [0.1, 0.15) is 42.0 Å². The summed E-state index contributed by atoms with van der Waals surface area (Å²) in [6, 6.07) is 12.6. The van der Waals surface area contributed by atoms with Crippen molar-refractivity contribution >= 4 is 0 Å². The first-order valence-electron chi connectivity index (χ1n) is 9.20. The molecule has 0 amide bonds. The highest BCUT2D eigenvalue weighted by Gasteiger charge is 2.19. The van der Waals surface area contributed by atoms with Crippen molar-refractivity contribution in [3.05, 3.63) is 71.3 Å². The van der Waals surface area contributed by atoms with Crippen LogP contribution < -0.4 is 0 Å². The average molecular weight is 351 g/mol. The highest BCUT2D eigenvalue weighted by molar-refractivity contribution is 5.27. The summed E-state index contributed by atoms with van der Waals surface area (Å²) >= 11 is 0. The minimum atomic E-state index is -0.516. The van der Waals surface area contributed by atoms with E-state index in [0.29, 0.717) is 0 Å². The summed E-state index contributed by atoms with van der Waals surface area (Å²) in [7, 11) is 0. The second-order valence-corrected chi connectivity index (χ2v) is 7.00. The predicted octanol–water partition coefficient (Wildman–Crippen LogP) is 2.59. The van der Waals surface area contributed by atoms with Crippen LogP contribution in [0, 0.1) is 0 Å². The first-order chi connectivity index (χ1) is 12.7. The Morgan fingerprint density at radius 1 is 1.12 bits per heavy atom. The van der Waals surface area contributed by atoms with E-state index in [1.54, 1.807) is 6.92 Å². The van der Waals surface area contributed by atoms with E-state index in [1.165, 1.54) is 16.8 Å². The van der Waals surface area contributed by atoms with E-state index in [-0.39, 0.29) is 0 Å². The van der Waals surface area contributed by atoms with Crippen LogP contribution in [0.2, 0.25) is 0 Å². The minimum absolute atomic E-state index is 0.516. The van der Waals surface area contributed by atoms with Gasteiger partial charge in [-0.05, 0) is 36.6 Å². The fraction of sp³-hybridized carbons (Fsp3) is 0.400. The molecule has 0 radical (unpaired) electrons. The third-order valence-corrected chi connectivity index (χ3v) is 4.94. The van der Waals surface area contributed by atoms with Crippen molar-refractivity contribution in [1.29, 1.82) is 0 Å². The van der Waals surface area contributed by atoms with Gasteiger partial charge in [-0.25, -0.2) is 0 Å². The van der Waals surface area contributed by atoms with Gasteiger partial charge in [-0.15, -0.1) is 0 Å². The number of aliphatic hydroxyl groups is 1. The molecule has 0 saturated heterocycles. The Bertz CT molecular complexity index is 853. The summed E-state index contributed by atoms with van der Waals surface area (Å²) in [5.74, 6) is 0. The summed E-state index contributed by atoms with van der Waals surface area (Å²) in [6.07, 6.45) is 4.37. The molecule has 3 aromatic rings. The lowest BCUT2D eigenvalue weighted by molar-refractivity contribution is 0.193. The highest BCUT2D eigenvalue weighted by Crippen LogP contribution is 2.20. The lowest BCUT2D eigenvalue weighted by Crippen LogP contribution is -2.23. The van der Waals surface area contributed by atoms with Crippen LogP contribution in [-0.4, -0.2) is 36.1 Å². The third kappa shape index (κ3) is 3.71. The zero-order valence-electron chi connectivity index (χ0n) is 15.1. The Hall–Kier alpha value is -2.44. The zero-order chi connectivity index (χ0) is 17.9. The van der Waals surface area contributed by atoms with Gasteiger partial charge in [0.05, 0.1) is 24.0 Å². The maximum Gasteiger partial charge on any atom is 0.0950 e. The number of aromatic nitrogens is 4. The molecule has 1 aliphatic heterocycles. The normalized spacial score (nSPS) is 16.2. The summed E-state index contributed by atoms with van der Waals surface area (Å²) < 4.78 is 4.02. The number of aryl methyl sites for hydroxylation is 1. The third-order valence-electron chi connectivity index (χ3n) is 4.94. The van der Waals surface area contributed by atoms with Gasteiger partial charge in [0.2, 0.25) is 0 Å². The molecule has 6 heteroatoms. The molecule has 0 unspecified atom stereocenters. The molecule has 136 valence electrons. The SMILES string of the molecule is C[C@@H](O)c1cc2n(n1)CCCN(Cc1ccccc1Cn1cccn1)C2. The molecule has 2 aromatic heterocycles. The molecule has 3 heterocycles. The number of benzene rings is 1. The molecule has 6 nitrogen and oxygen atoms in total. The maximum absolute atomic E-state index is 9.81. The van der Waals surface area contributed by atoms with Crippen LogP contribution in [0.4, 0.5) is 0 Å². The van der Waals surface area contributed by atoms with Crippen molar-refractivity contribution in [3.63, 3.8) is 0 Å². The van der Waals surface area contributed by atoms with E-state index < -0.39 is 6.10 Å². The van der Waals surface area contributed by atoms with Gasteiger partial charge in [0.1, 0.15) is 0 Å². The summed E-state index contributed by atoms with van der Waals surface area (Å²) in [5, 5.41) is 18.7. The monoisotopic (exact) mass is 351 g/mol. The Morgan fingerprint density at radius 3 is 2.65 bits per heavy atom. The first kappa shape index (κ1) is 17.0. The largest absolute Gasteiger partial charge is 0.387 e. The Balaban J connectivity index is 1.52. The van der Waals surface area contributed by atoms with E-state index in [1.807, 2.05) is 29.2 Å². The van der Waals surface area contributed by atoms with Gasteiger partial charge < -0.3 is 5.11 Å². The molecule has 4 rings (SSSR count). The second kappa shape index (κ2) is 7.43. The number of hydrogen-bond donors (Lipinski definition) is 1. The molecule has 26 heavy (non-hydrogen) atoms. The van der Waals surface area contributed by atoms with Crippen LogP contribution in [0.3, 0.4) is 0 Å². The fourth-order valence-corrected chi connectivity index (χ4v) is 3.57. The van der Waals surface area contributed by atoms with E-state index in [0.717, 1.165) is 44.8 Å². The van der Waals surface area contributed by atoms with Gasteiger partial charge in [-0.2, -0.15) is 10.2 Å². The van der Waals surface area contributed by atoms with E-state index in [4.69, 9.17) is 0 Å². The zero-order valence-corrected chi connectivity index (χ0v) is 15.1. The van der Waals surface area contributed by atoms with E-state index in [2.05, 4.69) is 44.0 Å². The molecule has 1 aliphatic rings. The van der Waals surface area contributed by atoms with Crippen LogP contribution in [0.15, 0.2) is 48.8 Å². The molecule has 1 N–H and O–H groups in total. The van der Waals surface area contributed by atoms with Crippen LogP contribution >= 0.6 is 0 Å². The van der Waals surface area contributed by atoms with Crippen molar-refractivity contribution in [2.24, 2.45) is 0 Å². The second-order valence-electron chi connectivity index (χ2n) is 7.00. The number of rotatable bonds is 5. The lowest BCUT2D eigenvalue weighted by atomic mass is 10.1. The quantitative estimate of drug-likeness (QED) is 0.768. The topological polar surface area (TPSA) is 59.1 Å². The number of aliphatic hydroxyl groups excluding tert-OH is 1. The molecular formula is C20H25N5O. The van der Waals surface area contributed by atoms with Crippen LogP contribution in [0.25, 0.3) is 0 Å². The fourth-order valence-electron chi connectivity index (χ4n) is 3.57. The smallest absolute Gasteiger partial charge is 0.0950 e. The summed E-state index contributed by atoms with van der Waals surface area (Å²) in [4.78, 5) is 2.47. The Kier molecular flexibility index (Phi) is 4.86. The first-order valence-corrected chi connectivity index (χ1v) is 9.20. The average Bonchev–Trinajstić information content (AvgIpc) is 3.23. The van der Waals surface area contributed by atoms with Gasteiger partial charge in [0.15, 0.2) is 0 Å². The summed E-state index contributed by atoms with van der Waals surface area (Å²) in [6.45, 7) is 6.28. The van der Waals surface area contributed by atoms with Crippen LogP contribution in [0.5, 0.6) is 0 Å². The number of hydrogen-bond acceptors (Lipinski definition) is 4. The Morgan fingerprint density at radius 2 is 1.92 bits per heavy atom. The molecular weight excluding hydrogens is 326 g/mol. The van der Waals surface area contributed by atoms with Crippen molar-refractivity contribution in [2.75, 3.05) is 6.54 Å². The van der Waals surface area contributed by atoms with Gasteiger partial charge in [-0.3, -0.25) is 14.3 Å². The Labute approximate surface area is 153 Å². The minimum Gasteiger partial charge on any atom is -0.387 e. The summed E-state index contributed by atoms with van der Waals surface area (Å²) in [5.41, 5.74) is 4.59. The van der Waals surface area contributed by atoms with E-state index >= 15 is 0 Å². The van der Waals surface area contributed by atoms with Crippen molar-refractivity contribution in [1.82, 2.24) is 24.5 Å². The molecule has 0 aliphatic carbocycles. The van der Waals surface area contributed by atoms with Crippen LogP contribution in [-0.2, 0) is 26.2 Å². The van der Waals surface area contributed by atoms with Crippen molar-refractivity contribution in [2.45, 2.75) is 45.6 Å². The highest BCUT2D eigenvalue weighted by atomic mass is 16.3. The standard InChI is InChI=1S/C20H25N5O/c1-16(26)20-12-19-15-23(9-5-11-25(19)22-20)13-17-6-2-3-7-18(17)14-24-10-4-8-21-24/h2-4,6-8,10,12,16,26H,5,9,11,13-15H2,1H3/t16-/m1/s1. The lowest BCUT2D eigenvalue weighted by Gasteiger charge is -2.21. The molecule has 0 fully saturated rings. The van der Waals surface area contributed by atoms with Gasteiger partial charge in [0, 0.05) is 38.6 Å². The maximum atomic E-state index is 9.81. The van der Waals surface area contributed by atoms with Crippen molar-refractivity contribution < 1.29 is 5.11 Å². The molecule has 0 spiro atoms. The number of fused-ring (bicyclic) bond motifs is 1. The van der Waals surface area contributed by atoms with Crippen molar-refractivity contribution in [3.8, 4) is 0 Å². The molecule has 1 aromatic carbocycles.